The Balaban J connectivity index is 0.962. The van der Waals surface area contributed by atoms with E-state index >= 15 is 0 Å². The predicted molar refractivity (Wildman–Crippen MR) is 291 cm³/mol. The van der Waals surface area contributed by atoms with E-state index in [0.29, 0.717) is 0 Å². The minimum atomic E-state index is -2.64. The van der Waals surface area contributed by atoms with Crippen molar-refractivity contribution in [3.05, 3.63) is 266 Å². The van der Waals surface area contributed by atoms with Crippen molar-refractivity contribution in [3.8, 4) is 27.9 Å². The Labute approximate surface area is 399 Å². The molecule has 1 aromatic heterocycles. The van der Waals surface area contributed by atoms with E-state index in [1.807, 2.05) is 0 Å². The van der Waals surface area contributed by atoms with Gasteiger partial charge in [0, 0.05) is 38.9 Å². The molecule has 0 spiro atoms. The van der Waals surface area contributed by atoms with E-state index in [1.165, 1.54) is 86.7 Å². The minimum absolute atomic E-state index is 0.138. The molecule has 0 unspecified atom stereocenters. The molecule has 0 bridgehead atoms. The highest BCUT2D eigenvalue weighted by atomic mass is 28.3. The molecule has 12 aromatic rings. The Morgan fingerprint density at radius 1 is 0.353 bits per heavy atom. The zero-order chi connectivity index (χ0) is 45.4. The van der Waals surface area contributed by atoms with Crippen LogP contribution in [0.4, 0.5) is 17.1 Å². The molecule has 11 aromatic carbocycles. The van der Waals surface area contributed by atoms with Gasteiger partial charge in [0.25, 0.3) is 0 Å². The van der Waals surface area contributed by atoms with Gasteiger partial charge >= 0.3 is 0 Å². The highest BCUT2D eigenvalue weighted by Gasteiger charge is 2.41. The molecule has 2 nitrogen and oxygen atoms in total. The topological polar surface area (TPSA) is 8.17 Å². The maximum absolute atomic E-state index is 2.64. The van der Waals surface area contributed by atoms with Gasteiger partial charge in [0.1, 0.15) is 0 Å². The molecule has 68 heavy (non-hydrogen) atoms. The Kier molecular flexibility index (Phi) is 9.25. The van der Waals surface area contributed by atoms with E-state index < -0.39 is 8.07 Å². The average molecular weight is 885 g/mol. The summed E-state index contributed by atoms with van der Waals surface area (Å²) in [5, 5.41) is 10.6. The number of anilines is 3. The van der Waals surface area contributed by atoms with Crippen molar-refractivity contribution in [1.82, 2.24) is 4.57 Å². The fourth-order valence-electron chi connectivity index (χ4n) is 11.7. The maximum Gasteiger partial charge on any atom is 0.179 e. The molecule has 3 heteroatoms. The van der Waals surface area contributed by atoms with Crippen LogP contribution in [0.25, 0.3) is 60.5 Å². The van der Waals surface area contributed by atoms with Gasteiger partial charge in [-0.3, -0.25) is 0 Å². The van der Waals surface area contributed by atoms with Gasteiger partial charge in [0.15, 0.2) is 8.07 Å². The predicted octanol–water partition coefficient (Wildman–Crippen LogP) is 14.2. The number of rotatable bonds is 9. The zero-order valence-electron chi connectivity index (χ0n) is 38.1. The lowest BCUT2D eigenvalue weighted by atomic mass is 9.82. The number of hydrogen-bond acceptors (Lipinski definition) is 1. The summed E-state index contributed by atoms with van der Waals surface area (Å²) in [6, 6.07) is 95.1. The summed E-state index contributed by atoms with van der Waals surface area (Å²) in [6.07, 6.45) is 0. The smallest absolute Gasteiger partial charge is 0.179 e. The van der Waals surface area contributed by atoms with Crippen LogP contribution in [-0.4, -0.2) is 12.6 Å². The van der Waals surface area contributed by atoms with Gasteiger partial charge in [-0.1, -0.05) is 214 Å². The molecule has 0 atom stereocenters. The first-order chi connectivity index (χ1) is 33.5. The Morgan fingerprint density at radius 3 is 1.51 bits per heavy atom. The standard InChI is InChI=1S/C65H48N2Si/c1-65(2)59-28-16-15-27-57(59)58-41-38-51(43-60(58)65)66(52-42-48-31-30-47-18-17-29-61-63(47)64(48)62(44-52)67(61)49-19-7-3-8-20-49)50-36-32-45(33-37-50)46-34-39-56(40-35-46)68(53-21-9-4-10-22-53,54-23-11-5-12-24-54)55-25-13-6-14-26-55/h3-44H,1-2H3. The van der Waals surface area contributed by atoms with E-state index in [-0.39, 0.29) is 5.41 Å². The van der Waals surface area contributed by atoms with Crippen LogP contribution in [0.3, 0.4) is 0 Å². The molecule has 322 valence electrons. The molecule has 0 N–H and O–H groups in total. The Morgan fingerprint density at radius 2 is 0.868 bits per heavy atom. The third-order valence-corrected chi connectivity index (χ3v) is 19.7. The zero-order valence-corrected chi connectivity index (χ0v) is 39.1. The molecule has 1 aliphatic rings. The van der Waals surface area contributed by atoms with Crippen LogP contribution in [0.15, 0.2) is 255 Å². The lowest BCUT2D eigenvalue weighted by Gasteiger charge is -2.34. The van der Waals surface area contributed by atoms with Crippen molar-refractivity contribution in [2.75, 3.05) is 4.90 Å². The summed E-state index contributed by atoms with van der Waals surface area (Å²) in [4.78, 5) is 2.47. The maximum atomic E-state index is 2.47. The average Bonchev–Trinajstić information content (AvgIpc) is 3.86. The molecule has 0 aliphatic heterocycles. The van der Waals surface area contributed by atoms with Crippen LogP contribution in [0, 0.1) is 0 Å². The monoisotopic (exact) mass is 884 g/mol. The number of aromatic nitrogens is 1. The van der Waals surface area contributed by atoms with E-state index in [4.69, 9.17) is 0 Å². The van der Waals surface area contributed by atoms with Gasteiger partial charge in [-0.05, 0) is 119 Å². The highest BCUT2D eigenvalue weighted by molar-refractivity contribution is 7.19. The lowest BCUT2D eigenvalue weighted by Crippen LogP contribution is -2.74. The summed E-state index contributed by atoms with van der Waals surface area (Å²) in [7, 11) is -2.64. The van der Waals surface area contributed by atoms with Gasteiger partial charge in [-0.15, -0.1) is 0 Å². The van der Waals surface area contributed by atoms with Crippen LogP contribution in [0.1, 0.15) is 25.0 Å². The molecular formula is C65H48N2Si. The van der Waals surface area contributed by atoms with E-state index in [0.717, 1.165) is 22.7 Å². The summed E-state index contributed by atoms with van der Waals surface area (Å²) in [5.74, 6) is 0. The number of nitrogens with zero attached hydrogens (tertiary/aromatic N) is 2. The quantitative estimate of drug-likeness (QED) is 0.0796. The second kappa shape index (κ2) is 15.7. The fraction of sp³-hybridized carbons (Fsp3) is 0.0462. The van der Waals surface area contributed by atoms with Crippen molar-refractivity contribution < 1.29 is 0 Å². The van der Waals surface area contributed by atoms with Crippen molar-refractivity contribution in [2.24, 2.45) is 0 Å². The van der Waals surface area contributed by atoms with Crippen molar-refractivity contribution >= 4 is 78.5 Å². The third kappa shape index (κ3) is 6.09. The fourth-order valence-corrected chi connectivity index (χ4v) is 16.5. The van der Waals surface area contributed by atoms with Crippen molar-refractivity contribution in [1.29, 1.82) is 0 Å². The number of benzene rings is 11. The molecule has 0 amide bonds. The molecule has 0 saturated carbocycles. The second-order valence-electron chi connectivity index (χ2n) is 18.9. The van der Waals surface area contributed by atoms with Gasteiger partial charge in [-0.2, -0.15) is 0 Å². The van der Waals surface area contributed by atoms with Crippen LogP contribution < -0.4 is 25.6 Å². The van der Waals surface area contributed by atoms with Gasteiger partial charge < -0.3 is 9.47 Å². The molecule has 1 heterocycles. The number of para-hydroxylation sites is 1. The largest absolute Gasteiger partial charge is 0.310 e. The second-order valence-corrected chi connectivity index (χ2v) is 22.7. The lowest BCUT2D eigenvalue weighted by molar-refractivity contribution is 0.660. The van der Waals surface area contributed by atoms with Crippen LogP contribution in [0.5, 0.6) is 0 Å². The van der Waals surface area contributed by atoms with E-state index in [2.05, 4.69) is 278 Å². The SMILES string of the molecule is CC1(C)c2ccccc2-c2ccc(N(c3ccc(-c4ccc([Si](c5ccccc5)(c5ccccc5)c5ccccc5)cc4)cc3)c3cc4ccc5cccc6c5c4c(c3)n6-c3ccccc3)cc21. The summed E-state index contributed by atoms with van der Waals surface area (Å²) < 4.78 is 2.45. The van der Waals surface area contributed by atoms with Gasteiger partial charge in [-0.25, -0.2) is 0 Å². The van der Waals surface area contributed by atoms with E-state index in [1.54, 1.807) is 0 Å². The Hall–Kier alpha value is -8.24. The minimum Gasteiger partial charge on any atom is -0.310 e. The molecule has 0 radical (unpaired) electrons. The first-order valence-corrected chi connectivity index (χ1v) is 25.8. The van der Waals surface area contributed by atoms with Crippen LogP contribution in [0.2, 0.25) is 0 Å². The van der Waals surface area contributed by atoms with Crippen LogP contribution in [-0.2, 0) is 5.41 Å². The summed E-state index contributed by atoms with van der Waals surface area (Å²) in [6.45, 7) is 4.74. The third-order valence-electron chi connectivity index (χ3n) is 14.9. The molecule has 1 aliphatic carbocycles. The number of hydrogen-bond donors (Lipinski definition) is 0. The molecule has 0 saturated heterocycles. The molecule has 13 rings (SSSR count). The Bertz CT molecular complexity index is 3690. The first kappa shape index (κ1) is 40.1. The molecular weight excluding hydrogens is 837 g/mol. The van der Waals surface area contributed by atoms with Crippen molar-refractivity contribution in [2.45, 2.75) is 19.3 Å². The van der Waals surface area contributed by atoms with Crippen LogP contribution >= 0.6 is 0 Å². The van der Waals surface area contributed by atoms with E-state index in [9.17, 15) is 0 Å². The summed E-state index contributed by atoms with van der Waals surface area (Å²) >= 11 is 0. The van der Waals surface area contributed by atoms with Gasteiger partial charge in [0.05, 0.1) is 11.0 Å². The number of fused-ring (bicyclic) bond motifs is 3. The molecule has 0 fully saturated rings. The summed E-state index contributed by atoms with van der Waals surface area (Å²) in [5.41, 5.74) is 14.6. The van der Waals surface area contributed by atoms with Crippen molar-refractivity contribution in [3.63, 3.8) is 0 Å². The van der Waals surface area contributed by atoms with Gasteiger partial charge in [0.2, 0.25) is 0 Å². The highest BCUT2D eigenvalue weighted by Crippen LogP contribution is 2.51. The normalized spacial score (nSPS) is 13.0. The first-order valence-electron chi connectivity index (χ1n) is 23.8.